The molecular weight excluding hydrogens is 417 g/mol. The Hall–Kier alpha value is -1.03. The minimum absolute atomic E-state index is 0.249. The van der Waals surface area contributed by atoms with Crippen LogP contribution in [0, 0.1) is 0 Å². The fourth-order valence-electron chi connectivity index (χ4n) is 2.53. The summed E-state index contributed by atoms with van der Waals surface area (Å²) in [6.45, 7) is 0.464. The molecule has 0 spiro atoms. The first-order valence-electron chi connectivity index (χ1n) is 10.6. The largest absolute Gasteiger partial charge is 0.480 e. The minimum Gasteiger partial charge on any atom is -0.480 e. The fourth-order valence-corrected chi connectivity index (χ4v) is 3.31. The molecule has 0 saturated carbocycles. The van der Waals surface area contributed by atoms with E-state index in [0.29, 0.717) is 6.42 Å². The van der Waals surface area contributed by atoms with Gasteiger partial charge in [0, 0.05) is 6.42 Å². The zero-order valence-corrected chi connectivity index (χ0v) is 18.8. The van der Waals surface area contributed by atoms with Gasteiger partial charge in [-0.25, -0.2) is 4.57 Å². The van der Waals surface area contributed by atoms with Crippen molar-refractivity contribution in [2.24, 2.45) is 5.73 Å². The van der Waals surface area contributed by atoms with E-state index in [9.17, 15) is 24.2 Å². The molecule has 10 nitrogen and oxygen atoms in total. The molecule has 0 bridgehead atoms. The van der Waals surface area contributed by atoms with E-state index < -0.39 is 45.1 Å². The van der Waals surface area contributed by atoms with E-state index >= 15 is 0 Å². The summed E-state index contributed by atoms with van der Waals surface area (Å²) >= 11 is 0. The average molecular weight is 455 g/mol. The first-order valence-corrected chi connectivity index (χ1v) is 12.1. The fraction of sp³-hybridized carbons (Fsp3) is 0.895. The van der Waals surface area contributed by atoms with E-state index in [1.165, 1.54) is 38.5 Å². The molecule has 5 N–H and O–H groups in total. The number of nitrogens with two attached hydrogens (primary N) is 1. The van der Waals surface area contributed by atoms with Gasteiger partial charge >= 0.3 is 19.8 Å². The van der Waals surface area contributed by atoms with Gasteiger partial charge in [-0.3, -0.25) is 18.6 Å². The van der Waals surface area contributed by atoms with Gasteiger partial charge in [-0.1, -0.05) is 64.7 Å². The quantitative estimate of drug-likeness (QED) is 0.122. The number of carbonyl (C=O) groups excluding carboxylic acids is 1. The maximum absolute atomic E-state index is 11.7. The van der Waals surface area contributed by atoms with Crippen LogP contribution in [0.25, 0.3) is 0 Å². The van der Waals surface area contributed by atoms with Gasteiger partial charge in [0.15, 0.2) is 0 Å². The van der Waals surface area contributed by atoms with E-state index in [0.717, 1.165) is 19.3 Å². The van der Waals surface area contributed by atoms with Crippen molar-refractivity contribution in [3.63, 3.8) is 0 Å². The summed E-state index contributed by atoms with van der Waals surface area (Å²) in [5.41, 5.74) is 5.14. The van der Waals surface area contributed by atoms with Crippen LogP contribution in [0.5, 0.6) is 0 Å². The SMILES string of the molecule is CCCCCCCCCCCCC(=O)OCC(O)COP(=O)(O)OCC(N)C(=O)O. The number of aliphatic carboxylic acids is 1. The number of ether oxygens (including phenoxy) is 1. The number of hydrogen-bond acceptors (Lipinski definition) is 8. The van der Waals surface area contributed by atoms with Crippen molar-refractivity contribution in [3.05, 3.63) is 0 Å². The zero-order valence-electron chi connectivity index (χ0n) is 17.9. The summed E-state index contributed by atoms with van der Waals surface area (Å²) in [6.07, 6.45) is 10.5. The zero-order chi connectivity index (χ0) is 22.8. The highest BCUT2D eigenvalue weighted by atomic mass is 31.2. The standard InChI is InChI=1S/C19H38NO9P/c1-2-3-4-5-6-7-8-9-10-11-12-18(22)27-13-16(21)14-28-30(25,26)29-15-17(20)19(23)24/h16-17,21H,2-15,20H2,1H3,(H,23,24)(H,25,26). The lowest BCUT2D eigenvalue weighted by atomic mass is 10.1. The first-order chi connectivity index (χ1) is 14.2. The van der Waals surface area contributed by atoms with Gasteiger partial charge in [-0.15, -0.1) is 0 Å². The van der Waals surface area contributed by atoms with Crippen molar-refractivity contribution in [1.82, 2.24) is 0 Å². The number of rotatable bonds is 20. The summed E-state index contributed by atoms with van der Waals surface area (Å²) in [5, 5.41) is 18.2. The third-order valence-corrected chi connectivity index (χ3v) is 5.29. The van der Waals surface area contributed by atoms with Crippen molar-refractivity contribution < 1.29 is 43.0 Å². The Balaban J connectivity index is 3.69. The maximum atomic E-state index is 11.7. The van der Waals surface area contributed by atoms with Gasteiger partial charge in [0.25, 0.3) is 0 Å². The molecular formula is C19H38NO9P. The smallest absolute Gasteiger partial charge is 0.472 e. The number of carboxylic acids is 1. The summed E-state index contributed by atoms with van der Waals surface area (Å²) < 4.78 is 25.4. The molecule has 3 atom stereocenters. The Bertz CT molecular complexity index is 518. The van der Waals surface area contributed by atoms with Gasteiger partial charge in [0.1, 0.15) is 18.8 Å². The number of aliphatic hydroxyl groups is 1. The molecule has 0 heterocycles. The number of hydrogen-bond donors (Lipinski definition) is 4. The lowest BCUT2D eigenvalue weighted by Crippen LogP contribution is -2.34. The molecule has 3 unspecified atom stereocenters. The number of carbonyl (C=O) groups is 2. The Kier molecular flexibility index (Phi) is 17.0. The highest BCUT2D eigenvalue weighted by Crippen LogP contribution is 2.43. The highest BCUT2D eigenvalue weighted by molar-refractivity contribution is 7.47. The lowest BCUT2D eigenvalue weighted by molar-refractivity contribution is -0.147. The molecule has 0 rings (SSSR count). The number of unbranched alkanes of at least 4 members (excludes halogenated alkanes) is 9. The second-order valence-corrected chi connectivity index (χ2v) is 8.73. The molecule has 0 aliphatic rings. The number of esters is 1. The highest BCUT2D eigenvalue weighted by Gasteiger charge is 2.26. The molecule has 0 aromatic heterocycles. The molecule has 0 radical (unpaired) electrons. The first kappa shape index (κ1) is 29.0. The normalized spacial score (nSPS) is 15.3. The molecule has 178 valence electrons. The monoisotopic (exact) mass is 455 g/mol. The topological polar surface area (TPSA) is 166 Å². The minimum atomic E-state index is -4.57. The van der Waals surface area contributed by atoms with Gasteiger partial charge in [0.2, 0.25) is 0 Å². The van der Waals surface area contributed by atoms with Crippen molar-refractivity contribution in [1.29, 1.82) is 0 Å². The summed E-state index contributed by atoms with van der Waals surface area (Å²) in [7, 11) is -4.57. The molecule has 0 aliphatic heterocycles. The van der Waals surface area contributed by atoms with Crippen LogP contribution in [0.2, 0.25) is 0 Å². The molecule has 30 heavy (non-hydrogen) atoms. The van der Waals surface area contributed by atoms with Crippen LogP contribution in [-0.4, -0.2) is 59.0 Å². The molecule has 0 saturated heterocycles. The summed E-state index contributed by atoms with van der Waals surface area (Å²) in [6, 6.07) is -1.48. The van der Waals surface area contributed by atoms with Gasteiger partial charge in [0.05, 0.1) is 13.2 Å². The second-order valence-electron chi connectivity index (χ2n) is 7.27. The summed E-state index contributed by atoms with van der Waals surface area (Å²) in [5.74, 6) is -1.85. The molecule has 0 fully saturated rings. The Morgan fingerprint density at radius 1 is 0.900 bits per heavy atom. The predicted molar refractivity (Wildman–Crippen MR) is 111 cm³/mol. The van der Waals surface area contributed by atoms with Gasteiger partial charge in [-0.2, -0.15) is 0 Å². The van der Waals surface area contributed by atoms with E-state index in [1.54, 1.807) is 0 Å². The van der Waals surface area contributed by atoms with E-state index in [1.807, 2.05) is 0 Å². The maximum Gasteiger partial charge on any atom is 0.472 e. The molecule has 11 heteroatoms. The number of phosphoric ester groups is 1. The van der Waals surface area contributed by atoms with E-state index in [2.05, 4.69) is 16.0 Å². The molecule has 0 aromatic carbocycles. The van der Waals surface area contributed by atoms with Crippen LogP contribution >= 0.6 is 7.82 Å². The van der Waals surface area contributed by atoms with Crippen LogP contribution in [-0.2, 0) is 27.9 Å². The van der Waals surface area contributed by atoms with Crippen molar-refractivity contribution in [3.8, 4) is 0 Å². The third-order valence-electron chi connectivity index (χ3n) is 4.34. The van der Waals surface area contributed by atoms with Crippen molar-refractivity contribution in [2.75, 3.05) is 19.8 Å². The Morgan fingerprint density at radius 2 is 1.40 bits per heavy atom. The van der Waals surface area contributed by atoms with Crippen LogP contribution in [0.4, 0.5) is 0 Å². The Morgan fingerprint density at radius 3 is 1.93 bits per heavy atom. The van der Waals surface area contributed by atoms with Gasteiger partial charge in [-0.05, 0) is 6.42 Å². The average Bonchev–Trinajstić information content (AvgIpc) is 2.70. The molecule has 0 aromatic rings. The second kappa shape index (κ2) is 17.6. The Labute approximate surface area is 178 Å². The predicted octanol–water partition coefficient (Wildman–Crippen LogP) is 2.75. The van der Waals surface area contributed by atoms with Crippen LogP contribution in [0.3, 0.4) is 0 Å². The summed E-state index contributed by atoms with van der Waals surface area (Å²) in [4.78, 5) is 31.5. The molecule has 0 aliphatic carbocycles. The molecule has 0 amide bonds. The lowest BCUT2D eigenvalue weighted by Gasteiger charge is -2.16. The van der Waals surface area contributed by atoms with Crippen LogP contribution < -0.4 is 5.73 Å². The van der Waals surface area contributed by atoms with Gasteiger partial charge < -0.3 is 25.6 Å². The van der Waals surface area contributed by atoms with Crippen molar-refractivity contribution >= 4 is 19.8 Å². The van der Waals surface area contributed by atoms with Crippen LogP contribution in [0.15, 0.2) is 0 Å². The van der Waals surface area contributed by atoms with Crippen molar-refractivity contribution in [2.45, 2.75) is 89.7 Å². The number of phosphoric acid groups is 1. The third kappa shape index (κ3) is 17.8. The van der Waals surface area contributed by atoms with E-state index in [-0.39, 0.29) is 13.0 Å². The van der Waals surface area contributed by atoms with Crippen LogP contribution in [0.1, 0.15) is 77.6 Å². The number of aliphatic hydroxyl groups excluding tert-OH is 1. The number of carboxylic acid groups (broad SMARTS) is 1. The van der Waals surface area contributed by atoms with E-state index in [4.69, 9.17) is 15.6 Å².